The number of alkyl halides is 6. The third-order valence-corrected chi connectivity index (χ3v) is 10.1. The number of halogens is 6. The molecule has 4 atom stereocenters. The molecular formula is C43H54F6N10O9. The molecule has 0 bridgehead atoms. The molecule has 0 aliphatic carbocycles. The van der Waals surface area contributed by atoms with Crippen molar-refractivity contribution in [1.29, 1.82) is 0 Å². The Morgan fingerprint density at radius 3 is 1.71 bits per heavy atom. The number of fused-ring (bicyclic) bond motifs is 1. The number of nitrogens with two attached hydrogens (primary N) is 4. The zero-order chi connectivity index (χ0) is 51.4. The number of hydrogen-bond donors (Lipinski definition) is 11. The zero-order valence-corrected chi connectivity index (χ0v) is 36.8. The van der Waals surface area contributed by atoms with Crippen LogP contribution in [0.4, 0.5) is 26.3 Å². The maximum Gasteiger partial charge on any atom is 0.490 e. The number of phenols is 1. The lowest BCUT2D eigenvalue weighted by Crippen LogP contribution is -2.55. The number of rotatable bonds is 12. The van der Waals surface area contributed by atoms with Crippen molar-refractivity contribution in [2.45, 2.75) is 82.9 Å². The van der Waals surface area contributed by atoms with E-state index in [0.717, 1.165) is 27.5 Å². The molecule has 0 spiro atoms. The van der Waals surface area contributed by atoms with Crippen LogP contribution in [-0.2, 0) is 41.6 Å². The second kappa shape index (κ2) is 26.5. The van der Waals surface area contributed by atoms with E-state index >= 15 is 0 Å². The molecule has 19 nitrogen and oxygen atoms in total. The molecule has 4 rings (SSSR count). The van der Waals surface area contributed by atoms with Gasteiger partial charge in [-0.1, -0.05) is 65.7 Å². The number of nitrogens with one attached hydrogen (secondary N) is 4. The number of carboxylic acids is 2. The second-order valence-electron chi connectivity index (χ2n) is 15.1. The van der Waals surface area contributed by atoms with Crippen LogP contribution in [0.25, 0.3) is 10.8 Å². The number of aromatic hydroxyl groups is 1. The van der Waals surface area contributed by atoms with Crippen LogP contribution >= 0.6 is 0 Å². The highest BCUT2D eigenvalue weighted by Crippen LogP contribution is 2.26. The standard InChI is InChI=1S/C39H52N10O5.2C2HF3O2/c1-23-24(2)32(20-25-14-16-28(50)17-15-25)47-34(51)22-46-36(53)33(21-27-10-5-9-26-8-3-4-11-30(26)27)49-37(54)31(13-7-19-45-39(42)43)48-35(52)29(23)12-6-18-44-38(40)41;2*3-2(4,5)1(6)7/h3-5,8-11,14-17,29,31-33,50H,6-7,12-13,18-22H2,1-2H3,(H,46,53)(H,47,51)(H,48,52)(H,49,54)(H4,40,41,44)(H4,42,43,45);2*(H,6,7)/b24-23+;;/t29-,31-,32+,33-;;/m0../s1. The Morgan fingerprint density at radius 2 is 1.16 bits per heavy atom. The SMILES string of the molecule is C/C1=C(/C)[C@@H](Cc2ccc(O)cc2)NC(=O)CNC(=O)[C@H](Cc2cccc3ccccc23)NC(=O)[C@H](CCCN=C(N)N)NC(=O)[C@H]1CCCN=C(N)N.O=C(O)C(F)(F)F.O=C(O)C(F)(F)F. The number of carboxylic acid groups (broad SMARTS) is 2. The lowest BCUT2D eigenvalue weighted by molar-refractivity contribution is -0.193. The van der Waals surface area contributed by atoms with Crippen LogP contribution in [0, 0.1) is 5.92 Å². The third kappa shape index (κ3) is 19.9. The van der Waals surface area contributed by atoms with Crippen LogP contribution in [0.5, 0.6) is 5.75 Å². The van der Waals surface area contributed by atoms with Gasteiger partial charge in [0.15, 0.2) is 11.9 Å². The van der Waals surface area contributed by atoms with Crippen molar-refractivity contribution in [3.05, 3.63) is 89.0 Å². The van der Waals surface area contributed by atoms with E-state index in [0.29, 0.717) is 31.3 Å². The average Bonchev–Trinajstić information content (AvgIpc) is 3.25. The van der Waals surface area contributed by atoms with Gasteiger partial charge in [-0.15, -0.1) is 0 Å². The highest BCUT2D eigenvalue weighted by atomic mass is 19.4. The Balaban J connectivity index is 0.000000982. The van der Waals surface area contributed by atoms with Gasteiger partial charge in [0.25, 0.3) is 0 Å². The number of amides is 4. The van der Waals surface area contributed by atoms with Crippen LogP contribution in [0.2, 0.25) is 0 Å². The Hall–Kier alpha value is -7.60. The first kappa shape index (κ1) is 56.5. The Bertz CT molecular complexity index is 2290. The lowest BCUT2D eigenvalue weighted by Gasteiger charge is -2.27. The highest BCUT2D eigenvalue weighted by Gasteiger charge is 2.39. The third-order valence-electron chi connectivity index (χ3n) is 10.1. The minimum atomic E-state index is -5.08. The Labute approximate surface area is 385 Å². The molecule has 0 aromatic heterocycles. The monoisotopic (exact) mass is 968 g/mol. The van der Waals surface area contributed by atoms with Gasteiger partial charge < -0.3 is 59.5 Å². The molecule has 1 aliphatic rings. The van der Waals surface area contributed by atoms with Gasteiger partial charge in [-0.3, -0.25) is 29.2 Å². The summed E-state index contributed by atoms with van der Waals surface area (Å²) in [5.41, 5.74) is 25.2. The maximum atomic E-state index is 14.3. The molecule has 15 N–H and O–H groups in total. The molecule has 1 heterocycles. The van der Waals surface area contributed by atoms with Crippen molar-refractivity contribution in [2.75, 3.05) is 19.6 Å². The van der Waals surface area contributed by atoms with E-state index in [9.17, 15) is 50.6 Å². The molecule has 68 heavy (non-hydrogen) atoms. The molecule has 3 aromatic carbocycles. The molecule has 25 heteroatoms. The maximum absolute atomic E-state index is 14.3. The van der Waals surface area contributed by atoms with Crippen molar-refractivity contribution >= 4 is 58.3 Å². The first-order chi connectivity index (χ1) is 31.7. The van der Waals surface area contributed by atoms with Crippen molar-refractivity contribution < 1.29 is 70.4 Å². The summed E-state index contributed by atoms with van der Waals surface area (Å²) >= 11 is 0. The van der Waals surface area contributed by atoms with Gasteiger partial charge in [0.05, 0.1) is 18.5 Å². The molecule has 0 fully saturated rings. The van der Waals surface area contributed by atoms with Crippen LogP contribution in [0.1, 0.15) is 50.7 Å². The fourth-order valence-corrected chi connectivity index (χ4v) is 6.53. The quantitative estimate of drug-likeness (QED) is 0.0409. The van der Waals surface area contributed by atoms with Gasteiger partial charge in [0, 0.05) is 19.5 Å². The predicted octanol–water partition coefficient (Wildman–Crippen LogP) is 2.24. The number of nitrogens with zero attached hydrogens (tertiary/aromatic N) is 2. The number of aliphatic imine (C=N–C) groups is 2. The largest absolute Gasteiger partial charge is 0.508 e. The van der Waals surface area contributed by atoms with Crippen molar-refractivity contribution in [2.24, 2.45) is 38.8 Å². The summed E-state index contributed by atoms with van der Waals surface area (Å²) in [5, 5.41) is 37.6. The molecule has 0 radical (unpaired) electrons. The van der Waals surface area contributed by atoms with Crippen molar-refractivity contribution in [3.63, 3.8) is 0 Å². The van der Waals surface area contributed by atoms with Gasteiger partial charge >= 0.3 is 24.3 Å². The van der Waals surface area contributed by atoms with Crippen LogP contribution < -0.4 is 44.2 Å². The average molecular weight is 969 g/mol. The summed E-state index contributed by atoms with van der Waals surface area (Å²) in [4.78, 5) is 81.7. The Morgan fingerprint density at radius 1 is 0.647 bits per heavy atom. The molecular weight excluding hydrogens is 915 g/mol. The van der Waals surface area contributed by atoms with E-state index in [2.05, 4.69) is 31.3 Å². The summed E-state index contributed by atoms with van der Waals surface area (Å²) < 4.78 is 63.5. The number of aliphatic carboxylic acids is 2. The summed E-state index contributed by atoms with van der Waals surface area (Å²) in [6.45, 7) is 3.80. The summed E-state index contributed by atoms with van der Waals surface area (Å²) in [6, 6.07) is 17.3. The minimum Gasteiger partial charge on any atom is -0.508 e. The minimum absolute atomic E-state index is 0.0691. The molecule has 1 aliphatic heterocycles. The molecule has 0 saturated carbocycles. The fourth-order valence-electron chi connectivity index (χ4n) is 6.53. The van der Waals surface area contributed by atoms with E-state index in [-0.39, 0.29) is 50.1 Å². The second-order valence-corrected chi connectivity index (χ2v) is 15.1. The number of hydrogen-bond acceptors (Lipinski definition) is 9. The summed E-state index contributed by atoms with van der Waals surface area (Å²) in [7, 11) is 0. The van der Waals surface area contributed by atoms with E-state index in [1.165, 1.54) is 0 Å². The molecule has 372 valence electrons. The first-order valence-corrected chi connectivity index (χ1v) is 20.5. The van der Waals surface area contributed by atoms with Crippen molar-refractivity contribution in [1.82, 2.24) is 21.3 Å². The van der Waals surface area contributed by atoms with Gasteiger partial charge in [-0.25, -0.2) is 9.59 Å². The van der Waals surface area contributed by atoms with Gasteiger partial charge in [0.2, 0.25) is 23.6 Å². The van der Waals surface area contributed by atoms with Gasteiger partial charge in [-0.05, 0) is 80.0 Å². The molecule has 3 aromatic rings. The van der Waals surface area contributed by atoms with Crippen LogP contribution in [-0.4, -0.2) is 113 Å². The predicted molar refractivity (Wildman–Crippen MR) is 237 cm³/mol. The zero-order valence-electron chi connectivity index (χ0n) is 36.8. The van der Waals surface area contributed by atoms with E-state index in [1.807, 2.05) is 56.3 Å². The Kier molecular flexibility index (Phi) is 22.0. The normalized spacial score (nSPS) is 19.4. The number of guanidine groups is 2. The lowest BCUT2D eigenvalue weighted by atomic mass is 9.86. The smallest absolute Gasteiger partial charge is 0.490 e. The van der Waals surface area contributed by atoms with E-state index in [1.54, 1.807) is 24.3 Å². The van der Waals surface area contributed by atoms with E-state index in [4.69, 9.17) is 42.7 Å². The van der Waals surface area contributed by atoms with Gasteiger partial charge in [0.1, 0.15) is 17.8 Å². The number of carbonyl (C=O) groups excluding carboxylic acids is 4. The van der Waals surface area contributed by atoms with Crippen molar-refractivity contribution in [3.8, 4) is 5.75 Å². The number of benzene rings is 3. The first-order valence-electron chi connectivity index (χ1n) is 20.5. The van der Waals surface area contributed by atoms with Crippen LogP contribution in [0.3, 0.4) is 0 Å². The summed E-state index contributed by atoms with van der Waals surface area (Å²) in [6.07, 6.45) is -8.41. The number of carbonyl (C=O) groups is 6. The summed E-state index contributed by atoms with van der Waals surface area (Å²) in [5.74, 6) is -8.34. The molecule has 0 saturated heterocycles. The molecule has 0 unspecified atom stereocenters. The number of phenolic OH excluding ortho intramolecular Hbond substituents is 1. The topological polar surface area (TPSA) is 340 Å². The van der Waals surface area contributed by atoms with Gasteiger partial charge in [-0.2, -0.15) is 26.3 Å². The fraction of sp³-hybridized carbons (Fsp3) is 0.395. The van der Waals surface area contributed by atoms with E-state index < -0.39 is 72.0 Å². The van der Waals surface area contributed by atoms with Crippen LogP contribution in [0.15, 0.2) is 87.9 Å². The highest BCUT2D eigenvalue weighted by molar-refractivity contribution is 5.95. The molecule has 4 amide bonds.